The molecule has 4 nitrogen and oxygen atoms in total. The Morgan fingerprint density at radius 2 is 1.71 bits per heavy atom. The maximum atomic E-state index is 5.60. The predicted molar refractivity (Wildman–Crippen MR) is 86.9 cm³/mol. The van der Waals surface area contributed by atoms with Gasteiger partial charge < -0.3 is 5.73 Å². The molecule has 0 amide bonds. The van der Waals surface area contributed by atoms with Crippen molar-refractivity contribution >= 4 is 27.5 Å². The lowest BCUT2D eigenvalue weighted by atomic mass is 10.2. The first-order valence-electron chi connectivity index (χ1n) is 6.71. The molecule has 0 saturated carbocycles. The van der Waals surface area contributed by atoms with Crippen molar-refractivity contribution in [3.05, 3.63) is 67.0 Å². The van der Waals surface area contributed by atoms with Gasteiger partial charge in [-0.05, 0) is 30.3 Å². The number of pyridine rings is 1. The lowest BCUT2D eigenvalue weighted by Crippen LogP contribution is -1.84. The van der Waals surface area contributed by atoms with Gasteiger partial charge in [0.15, 0.2) is 0 Å². The number of hydrogen-bond donors (Lipinski definition) is 1. The lowest BCUT2D eigenvalue weighted by molar-refractivity contribution is 0.780. The first kappa shape index (κ1) is 13.1. The van der Waals surface area contributed by atoms with Crippen LogP contribution < -0.4 is 5.73 Å². The zero-order valence-electron chi connectivity index (χ0n) is 11.8. The Hall–Kier alpha value is -2.88. The molecule has 2 N–H and O–H groups in total. The summed E-state index contributed by atoms with van der Waals surface area (Å²) in [4.78, 5) is 4.18. The minimum Gasteiger partial charge on any atom is -0.399 e. The summed E-state index contributed by atoms with van der Waals surface area (Å²) in [6.07, 6.45) is 3.76. The molecule has 0 saturated heterocycles. The van der Waals surface area contributed by atoms with Crippen LogP contribution in [0.5, 0.6) is 0 Å². The maximum absolute atomic E-state index is 5.60. The van der Waals surface area contributed by atoms with E-state index < -0.39 is 0 Å². The van der Waals surface area contributed by atoms with Crippen LogP contribution in [0, 0.1) is 0 Å². The molecule has 0 fully saturated rings. The highest BCUT2D eigenvalue weighted by Crippen LogP contribution is 2.14. The van der Waals surface area contributed by atoms with Crippen LogP contribution >= 0.6 is 0 Å². The molecule has 0 aliphatic rings. The van der Waals surface area contributed by atoms with E-state index in [0.29, 0.717) is 0 Å². The van der Waals surface area contributed by atoms with Gasteiger partial charge in [-0.1, -0.05) is 24.3 Å². The normalized spacial score (nSPS) is 10.3. The Kier molecular flexibility index (Phi) is 3.51. The van der Waals surface area contributed by atoms with Crippen molar-refractivity contribution in [2.45, 2.75) is 0 Å². The molecule has 104 valence electrons. The first-order valence-corrected chi connectivity index (χ1v) is 6.71. The molecule has 21 heavy (non-hydrogen) atoms. The Balaban J connectivity index is 0.000000126. The number of para-hydroxylation sites is 1. The van der Waals surface area contributed by atoms with Gasteiger partial charge in [-0.3, -0.25) is 9.67 Å². The van der Waals surface area contributed by atoms with Crippen LogP contribution in [0.25, 0.3) is 21.8 Å². The largest absolute Gasteiger partial charge is 0.399 e. The van der Waals surface area contributed by atoms with Crippen molar-refractivity contribution in [2.24, 2.45) is 7.05 Å². The van der Waals surface area contributed by atoms with E-state index in [1.807, 2.05) is 61.9 Å². The summed E-state index contributed by atoms with van der Waals surface area (Å²) in [7, 11) is 1.90. The maximum Gasteiger partial charge on any atom is 0.0924 e. The van der Waals surface area contributed by atoms with Gasteiger partial charge in [-0.2, -0.15) is 5.10 Å². The van der Waals surface area contributed by atoms with Crippen LogP contribution in [0.2, 0.25) is 0 Å². The topological polar surface area (TPSA) is 56.7 Å². The molecule has 0 bridgehead atoms. The Labute approximate surface area is 122 Å². The highest BCUT2D eigenvalue weighted by molar-refractivity contribution is 5.81. The number of anilines is 1. The molecule has 0 unspecified atom stereocenters. The molecule has 4 aromatic rings. The zero-order valence-corrected chi connectivity index (χ0v) is 11.8. The van der Waals surface area contributed by atoms with Crippen LogP contribution in [0.1, 0.15) is 0 Å². The molecule has 4 rings (SSSR count). The van der Waals surface area contributed by atoms with Crippen LogP contribution in [0.3, 0.4) is 0 Å². The van der Waals surface area contributed by atoms with Crippen molar-refractivity contribution in [3.8, 4) is 0 Å². The van der Waals surface area contributed by atoms with Crippen LogP contribution in [0.15, 0.2) is 67.0 Å². The average molecular weight is 276 g/mol. The molecule has 2 aromatic carbocycles. The number of nitrogens with zero attached hydrogens (tertiary/aromatic N) is 3. The molecular formula is C17H16N4. The fraction of sp³-hybridized carbons (Fsp3) is 0.0588. The molecule has 0 aliphatic heterocycles. The number of hydrogen-bond acceptors (Lipinski definition) is 3. The fourth-order valence-corrected chi connectivity index (χ4v) is 2.18. The second-order valence-electron chi connectivity index (χ2n) is 4.82. The summed E-state index contributed by atoms with van der Waals surface area (Å²) in [6, 6.07) is 17.8. The molecule has 0 aliphatic carbocycles. The Morgan fingerprint density at radius 1 is 0.905 bits per heavy atom. The SMILES string of the molecule is Cn1cc2cc(N)ccc2n1.c1ccc2ncccc2c1. The van der Waals surface area contributed by atoms with Gasteiger partial charge >= 0.3 is 0 Å². The van der Waals surface area contributed by atoms with Gasteiger partial charge in [-0.25, -0.2) is 0 Å². The third kappa shape index (κ3) is 3.00. The number of benzene rings is 2. The van der Waals surface area contributed by atoms with E-state index in [2.05, 4.69) is 22.2 Å². The van der Waals surface area contributed by atoms with E-state index in [9.17, 15) is 0 Å². The third-order valence-electron chi connectivity index (χ3n) is 3.16. The second-order valence-corrected chi connectivity index (χ2v) is 4.82. The number of rotatable bonds is 0. The summed E-state index contributed by atoms with van der Waals surface area (Å²) in [6.45, 7) is 0. The van der Waals surface area contributed by atoms with E-state index in [1.54, 1.807) is 4.68 Å². The highest BCUT2D eigenvalue weighted by atomic mass is 15.2. The summed E-state index contributed by atoms with van der Waals surface area (Å²) in [5.74, 6) is 0. The minimum atomic E-state index is 0.783. The summed E-state index contributed by atoms with van der Waals surface area (Å²) in [5.41, 5.74) is 8.43. The number of nitrogens with two attached hydrogens (primary N) is 1. The summed E-state index contributed by atoms with van der Waals surface area (Å²) in [5, 5.41) is 6.50. The first-order chi connectivity index (χ1) is 10.2. The molecular weight excluding hydrogens is 260 g/mol. The monoisotopic (exact) mass is 276 g/mol. The number of nitrogen functional groups attached to an aromatic ring is 1. The third-order valence-corrected chi connectivity index (χ3v) is 3.16. The van der Waals surface area contributed by atoms with E-state index >= 15 is 0 Å². The molecule has 0 atom stereocenters. The minimum absolute atomic E-state index is 0.783. The quantitative estimate of drug-likeness (QED) is 0.501. The molecule has 0 spiro atoms. The number of aryl methyl sites for hydroxylation is 1. The Morgan fingerprint density at radius 3 is 2.57 bits per heavy atom. The highest BCUT2D eigenvalue weighted by Gasteiger charge is 1.96. The predicted octanol–water partition coefficient (Wildman–Crippen LogP) is 3.39. The average Bonchev–Trinajstić information content (AvgIpc) is 2.87. The standard InChI is InChI=1S/C9H7N.C8H9N3/c1-2-6-9-8(4-1)5-3-7-10-9;1-11-5-6-4-7(9)2-3-8(6)10-11/h1-7H;2-5H,9H2,1H3. The van der Waals surface area contributed by atoms with E-state index in [1.165, 1.54) is 5.39 Å². The smallest absolute Gasteiger partial charge is 0.0924 e. The molecule has 4 heteroatoms. The van der Waals surface area contributed by atoms with Gasteiger partial charge in [0.25, 0.3) is 0 Å². The van der Waals surface area contributed by atoms with Crippen molar-refractivity contribution in [3.63, 3.8) is 0 Å². The molecule has 2 heterocycles. The molecule has 2 aromatic heterocycles. The zero-order chi connectivity index (χ0) is 14.7. The van der Waals surface area contributed by atoms with Gasteiger partial charge in [0.05, 0.1) is 11.0 Å². The van der Waals surface area contributed by atoms with E-state index in [-0.39, 0.29) is 0 Å². The van der Waals surface area contributed by atoms with Gasteiger partial charge in [0.1, 0.15) is 0 Å². The van der Waals surface area contributed by atoms with Crippen LogP contribution in [0.4, 0.5) is 5.69 Å². The van der Waals surface area contributed by atoms with E-state index in [4.69, 9.17) is 5.73 Å². The van der Waals surface area contributed by atoms with Gasteiger partial charge in [-0.15, -0.1) is 0 Å². The fourth-order valence-electron chi connectivity index (χ4n) is 2.18. The van der Waals surface area contributed by atoms with Crippen LogP contribution in [-0.2, 0) is 7.05 Å². The van der Waals surface area contributed by atoms with Crippen molar-refractivity contribution in [1.82, 2.24) is 14.8 Å². The van der Waals surface area contributed by atoms with Gasteiger partial charge in [0, 0.05) is 35.9 Å². The van der Waals surface area contributed by atoms with E-state index in [0.717, 1.165) is 22.1 Å². The number of fused-ring (bicyclic) bond motifs is 2. The second kappa shape index (κ2) is 5.63. The van der Waals surface area contributed by atoms with Crippen molar-refractivity contribution in [1.29, 1.82) is 0 Å². The Bertz CT molecular complexity index is 815. The summed E-state index contributed by atoms with van der Waals surface area (Å²) >= 11 is 0. The molecule has 0 radical (unpaired) electrons. The van der Waals surface area contributed by atoms with Crippen molar-refractivity contribution in [2.75, 3.05) is 5.73 Å². The van der Waals surface area contributed by atoms with Gasteiger partial charge in [0.2, 0.25) is 0 Å². The summed E-state index contributed by atoms with van der Waals surface area (Å²) < 4.78 is 1.78. The lowest BCUT2D eigenvalue weighted by Gasteiger charge is -1.91. The number of aromatic nitrogens is 3. The van der Waals surface area contributed by atoms with Crippen molar-refractivity contribution < 1.29 is 0 Å². The van der Waals surface area contributed by atoms with Crippen LogP contribution in [-0.4, -0.2) is 14.8 Å².